The Bertz CT molecular complexity index is 631. The minimum absolute atomic E-state index is 0.179. The fourth-order valence-electron chi connectivity index (χ4n) is 1.66. The van der Waals surface area contributed by atoms with Crippen LogP contribution in [-0.2, 0) is 6.18 Å². The molecule has 0 unspecified atom stereocenters. The minimum Gasteiger partial charge on any atom is -0.296 e. The molecule has 20 heavy (non-hydrogen) atoms. The quantitative estimate of drug-likeness (QED) is 0.924. The van der Waals surface area contributed by atoms with Crippen molar-refractivity contribution < 1.29 is 18.0 Å². The Balaban J connectivity index is 2.17. The summed E-state index contributed by atoms with van der Waals surface area (Å²) in [5.74, 6) is -0.512. The molecule has 0 fully saturated rings. The third kappa shape index (κ3) is 3.32. The Kier molecular flexibility index (Phi) is 3.76. The van der Waals surface area contributed by atoms with Crippen LogP contribution in [-0.4, -0.2) is 16.1 Å². The van der Waals surface area contributed by atoms with Crippen molar-refractivity contribution in [1.29, 1.82) is 0 Å². The monoisotopic (exact) mass is 301 g/mol. The van der Waals surface area contributed by atoms with Crippen LogP contribution < -0.4 is 5.32 Å². The van der Waals surface area contributed by atoms with Gasteiger partial charge in [0.25, 0.3) is 5.91 Å². The van der Waals surface area contributed by atoms with Crippen LogP contribution in [0.1, 0.15) is 26.5 Å². The van der Waals surface area contributed by atoms with E-state index < -0.39 is 17.1 Å². The Labute approximate surface area is 116 Å². The third-order valence-corrected chi connectivity index (χ3v) is 3.26. The van der Waals surface area contributed by atoms with Gasteiger partial charge in [-0.1, -0.05) is 28.5 Å². The largest absolute Gasteiger partial charge is 0.445 e. The number of aryl methyl sites for hydroxylation is 2. The van der Waals surface area contributed by atoms with Gasteiger partial charge in [0.1, 0.15) is 0 Å². The number of amides is 1. The number of benzene rings is 1. The second-order valence-corrected chi connectivity index (χ2v) is 5.22. The molecule has 1 heterocycles. The highest BCUT2D eigenvalue weighted by molar-refractivity contribution is 7.15. The van der Waals surface area contributed by atoms with Crippen LogP contribution in [0.2, 0.25) is 0 Å². The molecule has 0 aliphatic rings. The predicted molar refractivity (Wildman–Crippen MR) is 68.8 cm³/mol. The number of nitrogens with one attached hydrogen (secondary N) is 1. The molecule has 0 atom stereocenters. The lowest BCUT2D eigenvalue weighted by molar-refractivity contribution is -0.138. The lowest BCUT2D eigenvalue weighted by atomic mass is 10.1. The van der Waals surface area contributed by atoms with Crippen molar-refractivity contribution >= 4 is 22.4 Å². The Morgan fingerprint density at radius 1 is 1.15 bits per heavy atom. The number of hydrogen-bond acceptors (Lipinski definition) is 4. The first kappa shape index (κ1) is 14.4. The molecule has 2 aromatic rings. The molecular weight excluding hydrogens is 291 g/mol. The SMILES string of the molecule is Cc1cc(C)cc(C(=O)Nc2nnc(C(F)(F)F)s2)c1. The molecule has 1 N–H and O–H groups in total. The number of alkyl halides is 3. The maximum Gasteiger partial charge on any atom is 0.445 e. The van der Waals surface area contributed by atoms with Gasteiger partial charge in [-0.05, 0) is 26.0 Å². The zero-order chi connectivity index (χ0) is 14.9. The van der Waals surface area contributed by atoms with Gasteiger partial charge >= 0.3 is 6.18 Å². The van der Waals surface area contributed by atoms with E-state index >= 15 is 0 Å². The molecule has 4 nitrogen and oxygen atoms in total. The predicted octanol–water partition coefficient (Wildman–Crippen LogP) is 3.43. The zero-order valence-electron chi connectivity index (χ0n) is 10.6. The van der Waals surface area contributed by atoms with Gasteiger partial charge in [0, 0.05) is 5.56 Å². The van der Waals surface area contributed by atoms with Gasteiger partial charge < -0.3 is 0 Å². The second kappa shape index (κ2) is 5.20. The van der Waals surface area contributed by atoms with E-state index in [9.17, 15) is 18.0 Å². The fourth-order valence-corrected chi connectivity index (χ4v) is 2.27. The van der Waals surface area contributed by atoms with Crippen molar-refractivity contribution in [3.05, 3.63) is 39.9 Å². The number of nitrogens with zero attached hydrogens (tertiary/aromatic N) is 2. The van der Waals surface area contributed by atoms with E-state index in [1.165, 1.54) is 0 Å². The van der Waals surface area contributed by atoms with E-state index in [2.05, 4.69) is 15.5 Å². The highest BCUT2D eigenvalue weighted by Gasteiger charge is 2.35. The highest BCUT2D eigenvalue weighted by Crippen LogP contribution is 2.33. The second-order valence-electron chi connectivity index (χ2n) is 4.24. The Morgan fingerprint density at radius 3 is 2.25 bits per heavy atom. The molecule has 1 amide bonds. The molecule has 8 heteroatoms. The van der Waals surface area contributed by atoms with Gasteiger partial charge in [-0.15, -0.1) is 10.2 Å². The topological polar surface area (TPSA) is 54.9 Å². The molecule has 0 aliphatic carbocycles. The standard InChI is InChI=1S/C12H10F3N3OS/c1-6-3-7(2)5-8(4-6)9(19)16-11-18-17-10(20-11)12(13,14)15/h3-5H,1-2H3,(H,16,18,19). The first-order valence-electron chi connectivity index (χ1n) is 5.56. The van der Waals surface area contributed by atoms with Crippen molar-refractivity contribution in [3.8, 4) is 0 Å². The minimum atomic E-state index is -4.55. The van der Waals surface area contributed by atoms with Crippen LogP contribution in [0.3, 0.4) is 0 Å². The summed E-state index contributed by atoms with van der Waals surface area (Å²) in [7, 11) is 0. The summed E-state index contributed by atoms with van der Waals surface area (Å²) in [4.78, 5) is 11.9. The van der Waals surface area contributed by atoms with Crippen LogP contribution in [0, 0.1) is 13.8 Å². The molecule has 2 rings (SSSR count). The molecule has 0 saturated carbocycles. The summed E-state index contributed by atoms with van der Waals surface area (Å²) in [6.07, 6.45) is -4.55. The van der Waals surface area contributed by atoms with E-state index in [-0.39, 0.29) is 5.13 Å². The van der Waals surface area contributed by atoms with Gasteiger partial charge in [0.2, 0.25) is 10.1 Å². The van der Waals surface area contributed by atoms with E-state index in [1.807, 2.05) is 19.9 Å². The number of rotatable bonds is 2. The number of carbonyl (C=O) groups excluding carboxylic acids is 1. The van der Waals surface area contributed by atoms with E-state index in [0.717, 1.165) is 11.1 Å². The number of carbonyl (C=O) groups is 1. The summed E-state index contributed by atoms with van der Waals surface area (Å²) < 4.78 is 37.1. The van der Waals surface area contributed by atoms with Crippen LogP contribution in [0.5, 0.6) is 0 Å². The van der Waals surface area contributed by atoms with Crippen molar-refractivity contribution in [2.75, 3.05) is 5.32 Å². The molecule has 0 radical (unpaired) electrons. The first-order chi connectivity index (χ1) is 9.25. The van der Waals surface area contributed by atoms with E-state index in [4.69, 9.17) is 0 Å². The summed E-state index contributed by atoms with van der Waals surface area (Å²) in [6, 6.07) is 5.19. The fraction of sp³-hybridized carbons (Fsp3) is 0.250. The third-order valence-electron chi connectivity index (χ3n) is 2.37. The van der Waals surface area contributed by atoms with Crippen molar-refractivity contribution in [1.82, 2.24) is 10.2 Å². The van der Waals surface area contributed by atoms with Gasteiger partial charge in [0.05, 0.1) is 0 Å². The summed E-state index contributed by atoms with van der Waals surface area (Å²) >= 11 is 0.292. The average Bonchev–Trinajstić information content (AvgIpc) is 2.75. The van der Waals surface area contributed by atoms with Crippen LogP contribution in [0.4, 0.5) is 18.3 Å². The summed E-state index contributed by atoms with van der Waals surface area (Å²) in [5.41, 5.74) is 2.15. The van der Waals surface area contributed by atoms with Crippen LogP contribution in [0.25, 0.3) is 0 Å². The summed E-state index contributed by atoms with van der Waals surface area (Å²) in [6.45, 7) is 3.66. The van der Waals surface area contributed by atoms with E-state index in [0.29, 0.717) is 16.9 Å². The number of anilines is 1. The van der Waals surface area contributed by atoms with Crippen LogP contribution >= 0.6 is 11.3 Å². The maximum atomic E-state index is 12.4. The van der Waals surface area contributed by atoms with Gasteiger partial charge in [-0.3, -0.25) is 10.1 Å². The first-order valence-corrected chi connectivity index (χ1v) is 6.38. The lowest BCUT2D eigenvalue weighted by Crippen LogP contribution is -2.12. The van der Waals surface area contributed by atoms with E-state index in [1.54, 1.807) is 12.1 Å². The molecule has 0 bridgehead atoms. The number of halogens is 3. The zero-order valence-corrected chi connectivity index (χ0v) is 11.4. The molecule has 106 valence electrons. The highest BCUT2D eigenvalue weighted by atomic mass is 32.1. The van der Waals surface area contributed by atoms with Crippen molar-refractivity contribution in [2.45, 2.75) is 20.0 Å². The Morgan fingerprint density at radius 2 is 1.75 bits per heavy atom. The molecule has 0 aliphatic heterocycles. The molecule has 0 spiro atoms. The molecule has 1 aromatic heterocycles. The number of aromatic nitrogens is 2. The van der Waals surface area contributed by atoms with Gasteiger partial charge in [-0.2, -0.15) is 13.2 Å². The molecule has 0 saturated heterocycles. The Hall–Kier alpha value is -1.96. The normalized spacial score (nSPS) is 11.4. The van der Waals surface area contributed by atoms with Crippen molar-refractivity contribution in [3.63, 3.8) is 0 Å². The van der Waals surface area contributed by atoms with Gasteiger partial charge in [-0.25, -0.2) is 0 Å². The smallest absolute Gasteiger partial charge is 0.296 e. The van der Waals surface area contributed by atoms with Crippen molar-refractivity contribution in [2.24, 2.45) is 0 Å². The van der Waals surface area contributed by atoms with Crippen LogP contribution in [0.15, 0.2) is 18.2 Å². The maximum absolute atomic E-state index is 12.4. The molecular formula is C12H10F3N3OS. The van der Waals surface area contributed by atoms with Gasteiger partial charge in [0.15, 0.2) is 0 Å². The summed E-state index contributed by atoms with van der Waals surface area (Å²) in [5, 5.41) is 7.35. The number of hydrogen-bond donors (Lipinski definition) is 1. The molecule has 1 aromatic carbocycles. The average molecular weight is 301 g/mol. The lowest BCUT2D eigenvalue weighted by Gasteiger charge is -2.04.